The highest BCUT2D eigenvalue weighted by Crippen LogP contribution is 2.32. The maximum Gasteiger partial charge on any atom is 0.279 e. The van der Waals surface area contributed by atoms with Gasteiger partial charge in [0.1, 0.15) is 17.3 Å². The second kappa shape index (κ2) is 4.85. The first-order valence-electron chi connectivity index (χ1n) is 5.62. The minimum absolute atomic E-state index is 0.271. The van der Waals surface area contributed by atoms with Crippen LogP contribution in [0.15, 0.2) is 42.5 Å². The number of thiazole rings is 1. The largest absolute Gasteiger partial charge is 0.497 e. The van der Waals surface area contributed by atoms with E-state index in [1.165, 1.54) is 23.5 Å². The zero-order chi connectivity index (χ0) is 13.2. The lowest BCUT2D eigenvalue weighted by atomic mass is 10.3. The molecule has 0 saturated heterocycles. The lowest BCUT2D eigenvalue weighted by molar-refractivity contribution is 0.412. The molecule has 0 saturated carbocycles. The van der Waals surface area contributed by atoms with E-state index in [9.17, 15) is 4.39 Å². The van der Waals surface area contributed by atoms with Crippen LogP contribution in [0.4, 0.5) is 4.39 Å². The Kier molecular flexibility index (Phi) is 3.05. The molecular formula is C14H10FNO2S. The zero-order valence-corrected chi connectivity index (χ0v) is 10.9. The Bertz CT molecular complexity index is 709. The van der Waals surface area contributed by atoms with Gasteiger partial charge in [-0.1, -0.05) is 11.3 Å². The van der Waals surface area contributed by atoms with Crippen molar-refractivity contribution in [2.24, 2.45) is 0 Å². The highest BCUT2D eigenvalue weighted by molar-refractivity contribution is 7.20. The van der Waals surface area contributed by atoms with Crippen molar-refractivity contribution < 1.29 is 13.9 Å². The standard InChI is InChI=1S/C14H10FNO2S/c1-17-10-3-5-11(6-4-10)18-14-16-12-7-2-9(15)8-13(12)19-14/h2-8H,1H3. The Morgan fingerprint density at radius 3 is 2.53 bits per heavy atom. The number of benzene rings is 2. The minimum Gasteiger partial charge on any atom is -0.497 e. The smallest absolute Gasteiger partial charge is 0.279 e. The summed E-state index contributed by atoms with van der Waals surface area (Å²) in [5.41, 5.74) is 0.731. The molecule has 0 fully saturated rings. The van der Waals surface area contributed by atoms with Crippen molar-refractivity contribution in [2.45, 2.75) is 0 Å². The average molecular weight is 275 g/mol. The van der Waals surface area contributed by atoms with E-state index in [-0.39, 0.29) is 5.82 Å². The summed E-state index contributed by atoms with van der Waals surface area (Å²) in [6, 6.07) is 11.7. The zero-order valence-electron chi connectivity index (χ0n) is 10.1. The molecule has 3 nitrogen and oxygen atoms in total. The van der Waals surface area contributed by atoms with Gasteiger partial charge in [0.05, 0.1) is 17.3 Å². The van der Waals surface area contributed by atoms with Gasteiger partial charge in [0, 0.05) is 0 Å². The molecule has 0 aliphatic heterocycles. The van der Waals surface area contributed by atoms with E-state index in [4.69, 9.17) is 9.47 Å². The second-order valence-electron chi connectivity index (χ2n) is 3.87. The molecule has 1 heterocycles. The Hall–Kier alpha value is -2.14. The normalized spacial score (nSPS) is 10.6. The first-order valence-corrected chi connectivity index (χ1v) is 6.44. The lowest BCUT2D eigenvalue weighted by Gasteiger charge is -2.02. The highest BCUT2D eigenvalue weighted by Gasteiger charge is 2.07. The summed E-state index contributed by atoms with van der Waals surface area (Å²) in [4.78, 5) is 4.29. The van der Waals surface area contributed by atoms with Crippen molar-refractivity contribution in [3.05, 3.63) is 48.3 Å². The molecule has 2 aromatic carbocycles. The average Bonchev–Trinajstić information content (AvgIpc) is 2.81. The van der Waals surface area contributed by atoms with Crippen LogP contribution in [0.1, 0.15) is 0 Å². The molecule has 0 bridgehead atoms. The number of aromatic nitrogens is 1. The quantitative estimate of drug-likeness (QED) is 0.716. The summed E-state index contributed by atoms with van der Waals surface area (Å²) in [6.07, 6.45) is 0. The molecule has 0 aliphatic rings. The van der Waals surface area contributed by atoms with Crippen molar-refractivity contribution in [3.8, 4) is 16.7 Å². The van der Waals surface area contributed by atoms with Crippen LogP contribution in [-0.2, 0) is 0 Å². The first-order chi connectivity index (χ1) is 9.24. The third-order valence-electron chi connectivity index (χ3n) is 2.60. The van der Waals surface area contributed by atoms with Crippen molar-refractivity contribution in [1.82, 2.24) is 4.98 Å². The fourth-order valence-corrected chi connectivity index (χ4v) is 2.53. The molecule has 0 unspecified atom stereocenters. The van der Waals surface area contributed by atoms with E-state index in [2.05, 4.69) is 4.98 Å². The Morgan fingerprint density at radius 1 is 1.05 bits per heavy atom. The van der Waals surface area contributed by atoms with Crippen LogP contribution in [0.3, 0.4) is 0 Å². The fourth-order valence-electron chi connectivity index (χ4n) is 1.67. The molecule has 0 radical (unpaired) electrons. The molecule has 3 rings (SSSR count). The Balaban J connectivity index is 1.87. The topological polar surface area (TPSA) is 31.4 Å². The SMILES string of the molecule is COc1ccc(Oc2nc3ccc(F)cc3s2)cc1. The fraction of sp³-hybridized carbons (Fsp3) is 0.0714. The van der Waals surface area contributed by atoms with Crippen molar-refractivity contribution >= 4 is 21.6 Å². The molecule has 0 atom stereocenters. The molecule has 1 aromatic heterocycles. The predicted molar refractivity (Wildman–Crippen MR) is 72.6 cm³/mol. The number of hydrogen-bond donors (Lipinski definition) is 0. The van der Waals surface area contributed by atoms with Gasteiger partial charge in [0.15, 0.2) is 0 Å². The van der Waals surface area contributed by atoms with E-state index in [0.29, 0.717) is 10.9 Å². The van der Waals surface area contributed by atoms with Gasteiger partial charge in [-0.15, -0.1) is 0 Å². The van der Waals surface area contributed by atoms with Gasteiger partial charge in [0.2, 0.25) is 0 Å². The number of methoxy groups -OCH3 is 1. The van der Waals surface area contributed by atoms with Gasteiger partial charge in [-0.2, -0.15) is 0 Å². The summed E-state index contributed by atoms with van der Waals surface area (Å²) in [7, 11) is 1.61. The summed E-state index contributed by atoms with van der Waals surface area (Å²) in [5, 5.41) is 0.491. The van der Waals surface area contributed by atoms with Gasteiger partial charge in [0.25, 0.3) is 5.19 Å². The van der Waals surface area contributed by atoms with Crippen LogP contribution < -0.4 is 9.47 Å². The predicted octanol–water partition coefficient (Wildman–Crippen LogP) is 4.24. The lowest BCUT2D eigenvalue weighted by Crippen LogP contribution is -1.84. The van der Waals surface area contributed by atoms with Crippen LogP contribution in [0.2, 0.25) is 0 Å². The number of hydrogen-bond acceptors (Lipinski definition) is 4. The summed E-state index contributed by atoms with van der Waals surface area (Å²) in [6.45, 7) is 0. The van der Waals surface area contributed by atoms with Gasteiger partial charge >= 0.3 is 0 Å². The Labute approximate surface area is 113 Å². The van der Waals surface area contributed by atoms with Crippen LogP contribution in [-0.4, -0.2) is 12.1 Å². The molecule has 0 N–H and O–H groups in total. The number of fused-ring (bicyclic) bond motifs is 1. The summed E-state index contributed by atoms with van der Waals surface area (Å²) < 4.78 is 24.5. The molecular weight excluding hydrogens is 265 g/mol. The first kappa shape index (κ1) is 11.9. The summed E-state index contributed by atoms with van der Waals surface area (Å²) in [5.74, 6) is 1.16. The van der Waals surface area contributed by atoms with Crippen LogP contribution in [0.5, 0.6) is 16.7 Å². The van der Waals surface area contributed by atoms with Gasteiger partial charge in [-0.25, -0.2) is 9.37 Å². The second-order valence-corrected chi connectivity index (χ2v) is 4.86. The molecule has 0 spiro atoms. The Morgan fingerprint density at radius 2 is 1.79 bits per heavy atom. The maximum atomic E-state index is 13.1. The van der Waals surface area contributed by atoms with E-state index in [1.807, 2.05) is 12.1 Å². The monoisotopic (exact) mass is 275 g/mol. The summed E-state index contributed by atoms with van der Waals surface area (Å²) >= 11 is 1.31. The molecule has 96 valence electrons. The molecule has 5 heteroatoms. The molecule has 19 heavy (non-hydrogen) atoms. The molecule has 3 aromatic rings. The number of halogens is 1. The van der Waals surface area contributed by atoms with E-state index in [1.54, 1.807) is 25.3 Å². The third kappa shape index (κ3) is 2.51. The van der Waals surface area contributed by atoms with Crippen LogP contribution in [0.25, 0.3) is 10.2 Å². The van der Waals surface area contributed by atoms with Crippen LogP contribution >= 0.6 is 11.3 Å². The van der Waals surface area contributed by atoms with E-state index >= 15 is 0 Å². The number of rotatable bonds is 3. The van der Waals surface area contributed by atoms with E-state index < -0.39 is 0 Å². The van der Waals surface area contributed by atoms with Gasteiger partial charge in [-0.05, 0) is 42.5 Å². The van der Waals surface area contributed by atoms with Crippen LogP contribution in [0, 0.1) is 5.82 Å². The molecule has 0 aliphatic carbocycles. The maximum absolute atomic E-state index is 13.1. The van der Waals surface area contributed by atoms with Crippen molar-refractivity contribution in [1.29, 1.82) is 0 Å². The van der Waals surface area contributed by atoms with Gasteiger partial charge < -0.3 is 9.47 Å². The van der Waals surface area contributed by atoms with E-state index in [0.717, 1.165) is 16.0 Å². The number of ether oxygens (including phenoxy) is 2. The van der Waals surface area contributed by atoms with Gasteiger partial charge in [-0.3, -0.25) is 0 Å². The van der Waals surface area contributed by atoms with Crippen molar-refractivity contribution in [2.75, 3.05) is 7.11 Å². The third-order valence-corrected chi connectivity index (χ3v) is 3.49. The minimum atomic E-state index is -0.271. The van der Waals surface area contributed by atoms with Crippen molar-refractivity contribution in [3.63, 3.8) is 0 Å². The molecule has 0 amide bonds. The number of nitrogens with zero attached hydrogens (tertiary/aromatic N) is 1. The highest BCUT2D eigenvalue weighted by atomic mass is 32.1.